The maximum Gasteiger partial charge on any atom is 0.306 e. The first kappa shape index (κ1) is 70.8. The van der Waals surface area contributed by atoms with Gasteiger partial charge >= 0.3 is 17.9 Å². The zero-order chi connectivity index (χ0) is 53.6. The molecule has 6 heteroatoms. The molecule has 0 aliphatic carbocycles. The molecule has 428 valence electrons. The molecule has 0 heterocycles. The van der Waals surface area contributed by atoms with E-state index in [1.807, 2.05) is 0 Å². The summed E-state index contributed by atoms with van der Waals surface area (Å²) in [6.45, 7) is 6.52. The molecule has 0 aliphatic heterocycles. The van der Waals surface area contributed by atoms with Crippen LogP contribution in [-0.4, -0.2) is 37.2 Å². The number of rotatable bonds is 58. The SMILES string of the molecule is CC/C=C\C/C=C\C/C=C\C/C=C\CCCCCCC(=O)OC(COC(=O)CCCCCCCCC/C=C\C/C=C\CCCCC)COC(=O)CCCCCCCCCCCCCCCCCCCCCCCC. The highest BCUT2D eigenvalue weighted by atomic mass is 16.6. The van der Waals surface area contributed by atoms with Crippen LogP contribution in [0.5, 0.6) is 0 Å². The second-order valence-electron chi connectivity index (χ2n) is 21.3. The molecule has 0 aromatic heterocycles. The van der Waals surface area contributed by atoms with Crippen LogP contribution in [0.15, 0.2) is 72.9 Å². The van der Waals surface area contributed by atoms with Crippen molar-refractivity contribution in [1.29, 1.82) is 0 Å². The molecular formula is C68H120O6. The van der Waals surface area contributed by atoms with Gasteiger partial charge in [-0.1, -0.05) is 286 Å². The lowest BCUT2D eigenvalue weighted by Crippen LogP contribution is -2.30. The van der Waals surface area contributed by atoms with E-state index in [-0.39, 0.29) is 31.1 Å². The number of hydrogen-bond acceptors (Lipinski definition) is 6. The number of esters is 3. The zero-order valence-corrected chi connectivity index (χ0v) is 49.1. The molecule has 0 bridgehead atoms. The number of unbranched alkanes of at least 4 members (excludes halogenated alkanes) is 35. The zero-order valence-electron chi connectivity index (χ0n) is 49.1. The van der Waals surface area contributed by atoms with E-state index in [0.717, 1.165) is 109 Å². The van der Waals surface area contributed by atoms with Gasteiger partial charge in [0.1, 0.15) is 13.2 Å². The van der Waals surface area contributed by atoms with Crippen molar-refractivity contribution in [2.75, 3.05) is 13.2 Å². The average molecular weight is 1030 g/mol. The average Bonchev–Trinajstić information content (AvgIpc) is 3.40. The van der Waals surface area contributed by atoms with Crippen molar-refractivity contribution in [2.24, 2.45) is 0 Å². The first-order chi connectivity index (χ1) is 36.5. The van der Waals surface area contributed by atoms with Gasteiger partial charge in [0.25, 0.3) is 0 Å². The molecule has 0 spiro atoms. The van der Waals surface area contributed by atoms with Gasteiger partial charge in [-0.3, -0.25) is 14.4 Å². The lowest BCUT2D eigenvalue weighted by Gasteiger charge is -2.18. The van der Waals surface area contributed by atoms with Crippen LogP contribution < -0.4 is 0 Å². The molecule has 1 atom stereocenters. The van der Waals surface area contributed by atoms with Gasteiger partial charge in [0, 0.05) is 19.3 Å². The number of allylic oxidation sites excluding steroid dienone is 12. The number of carbonyl (C=O) groups excluding carboxylic acids is 3. The monoisotopic (exact) mass is 1030 g/mol. The van der Waals surface area contributed by atoms with Gasteiger partial charge in [-0.2, -0.15) is 0 Å². The lowest BCUT2D eigenvalue weighted by molar-refractivity contribution is -0.167. The fraction of sp³-hybridized carbons (Fsp3) is 0.779. The molecule has 0 fully saturated rings. The van der Waals surface area contributed by atoms with Crippen molar-refractivity contribution >= 4 is 17.9 Å². The maximum absolute atomic E-state index is 12.9. The summed E-state index contributed by atoms with van der Waals surface area (Å²) < 4.78 is 16.9. The molecule has 1 unspecified atom stereocenters. The van der Waals surface area contributed by atoms with E-state index in [9.17, 15) is 14.4 Å². The van der Waals surface area contributed by atoms with Gasteiger partial charge in [0.15, 0.2) is 6.10 Å². The van der Waals surface area contributed by atoms with E-state index in [1.54, 1.807) is 0 Å². The first-order valence-corrected chi connectivity index (χ1v) is 31.9. The van der Waals surface area contributed by atoms with E-state index in [2.05, 4.69) is 93.7 Å². The van der Waals surface area contributed by atoms with Crippen LogP contribution in [-0.2, 0) is 28.6 Å². The maximum atomic E-state index is 12.9. The standard InChI is InChI=1S/C68H120O6/c1-4-7-10-13-16-19-22-25-28-31-32-33-34-35-38-40-43-46-49-52-55-58-61-67(70)73-64-65(74-68(71)62-59-56-53-50-47-44-41-37-30-27-24-21-18-15-12-9-6-3)63-72-66(69)60-57-54-51-48-45-42-39-36-29-26-23-20-17-14-11-8-5-2/h9,12,17-18,20-21,26-27,29-30,41,44,65H,4-8,10-11,13-16,19,22-25,28,31-40,42-43,45-64H2,1-3H3/b12-9-,20-17-,21-18-,29-26-,30-27-,44-41-. The van der Waals surface area contributed by atoms with Crippen LogP contribution in [0.4, 0.5) is 0 Å². The summed E-state index contributed by atoms with van der Waals surface area (Å²) in [6, 6.07) is 0. The summed E-state index contributed by atoms with van der Waals surface area (Å²) in [4.78, 5) is 38.3. The number of carbonyl (C=O) groups is 3. The Hall–Kier alpha value is -3.15. The minimum absolute atomic E-state index is 0.0853. The lowest BCUT2D eigenvalue weighted by atomic mass is 10.0. The Morgan fingerprint density at radius 3 is 0.851 bits per heavy atom. The normalized spacial score (nSPS) is 12.5. The van der Waals surface area contributed by atoms with Crippen molar-refractivity contribution in [3.63, 3.8) is 0 Å². The molecule has 0 aromatic carbocycles. The van der Waals surface area contributed by atoms with Crippen LogP contribution in [0.25, 0.3) is 0 Å². The Balaban J connectivity index is 4.37. The predicted molar refractivity (Wildman–Crippen MR) is 321 cm³/mol. The van der Waals surface area contributed by atoms with Crippen LogP contribution in [0.1, 0.15) is 323 Å². The van der Waals surface area contributed by atoms with Gasteiger partial charge in [0.2, 0.25) is 0 Å². The molecule has 74 heavy (non-hydrogen) atoms. The van der Waals surface area contributed by atoms with Crippen LogP contribution in [0, 0.1) is 0 Å². The fourth-order valence-corrected chi connectivity index (χ4v) is 9.17. The minimum atomic E-state index is -0.792. The van der Waals surface area contributed by atoms with E-state index < -0.39 is 6.10 Å². The molecule has 0 aliphatic rings. The van der Waals surface area contributed by atoms with Crippen molar-refractivity contribution in [1.82, 2.24) is 0 Å². The highest BCUT2D eigenvalue weighted by molar-refractivity contribution is 5.71. The van der Waals surface area contributed by atoms with Gasteiger partial charge in [-0.15, -0.1) is 0 Å². The highest BCUT2D eigenvalue weighted by Gasteiger charge is 2.19. The summed E-state index contributed by atoms with van der Waals surface area (Å²) in [7, 11) is 0. The second kappa shape index (κ2) is 62.4. The topological polar surface area (TPSA) is 78.9 Å². The van der Waals surface area contributed by atoms with Crippen LogP contribution in [0.2, 0.25) is 0 Å². The Bertz CT molecular complexity index is 1370. The second-order valence-corrected chi connectivity index (χ2v) is 21.3. The predicted octanol–water partition coefficient (Wildman–Crippen LogP) is 21.7. The molecule has 0 saturated heterocycles. The molecule has 0 aromatic rings. The third-order valence-electron chi connectivity index (χ3n) is 13.9. The smallest absolute Gasteiger partial charge is 0.306 e. The summed E-state index contributed by atoms with van der Waals surface area (Å²) >= 11 is 0. The van der Waals surface area contributed by atoms with E-state index in [1.165, 1.54) is 173 Å². The van der Waals surface area contributed by atoms with Gasteiger partial charge < -0.3 is 14.2 Å². The number of ether oxygens (including phenoxy) is 3. The molecule has 0 amide bonds. The first-order valence-electron chi connectivity index (χ1n) is 31.9. The van der Waals surface area contributed by atoms with Crippen LogP contribution in [0.3, 0.4) is 0 Å². The molecule has 0 rings (SSSR count). The van der Waals surface area contributed by atoms with Gasteiger partial charge in [-0.05, 0) is 89.9 Å². The molecule has 0 saturated carbocycles. The summed E-state index contributed by atoms with van der Waals surface area (Å²) in [5, 5.41) is 0. The minimum Gasteiger partial charge on any atom is -0.462 e. The molecule has 0 N–H and O–H groups in total. The summed E-state index contributed by atoms with van der Waals surface area (Å²) in [5.41, 5.74) is 0. The van der Waals surface area contributed by atoms with Crippen molar-refractivity contribution in [3.05, 3.63) is 72.9 Å². The third kappa shape index (κ3) is 59.7. The van der Waals surface area contributed by atoms with Crippen molar-refractivity contribution in [3.8, 4) is 0 Å². The Morgan fingerprint density at radius 2 is 0.527 bits per heavy atom. The summed E-state index contributed by atoms with van der Waals surface area (Å²) in [5.74, 6) is -0.902. The Labute approximate surface area is 459 Å². The third-order valence-corrected chi connectivity index (χ3v) is 13.9. The van der Waals surface area contributed by atoms with E-state index in [4.69, 9.17) is 14.2 Å². The van der Waals surface area contributed by atoms with Gasteiger partial charge in [-0.25, -0.2) is 0 Å². The Kier molecular flexibility index (Phi) is 59.7. The molecule has 0 radical (unpaired) electrons. The van der Waals surface area contributed by atoms with E-state index in [0.29, 0.717) is 19.3 Å². The van der Waals surface area contributed by atoms with Crippen LogP contribution >= 0.6 is 0 Å². The quantitative estimate of drug-likeness (QED) is 0.0261. The van der Waals surface area contributed by atoms with Crippen molar-refractivity contribution < 1.29 is 28.6 Å². The largest absolute Gasteiger partial charge is 0.462 e. The van der Waals surface area contributed by atoms with Crippen molar-refractivity contribution in [2.45, 2.75) is 329 Å². The highest BCUT2D eigenvalue weighted by Crippen LogP contribution is 2.17. The van der Waals surface area contributed by atoms with E-state index >= 15 is 0 Å². The molecular weight excluding hydrogens is 913 g/mol. The Morgan fingerprint density at radius 1 is 0.284 bits per heavy atom. The fourth-order valence-electron chi connectivity index (χ4n) is 9.17. The molecule has 6 nitrogen and oxygen atoms in total. The number of hydrogen-bond donors (Lipinski definition) is 0. The summed E-state index contributed by atoms with van der Waals surface area (Å²) in [6.07, 6.45) is 80.5. The van der Waals surface area contributed by atoms with Gasteiger partial charge in [0.05, 0.1) is 0 Å².